The molecule has 0 heterocycles. The van der Waals surface area contributed by atoms with Gasteiger partial charge in [-0.25, -0.2) is 4.39 Å². The van der Waals surface area contributed by atoms with Crippen LogP contribution in [-0.4, -0.2) is 18.1 Å². The lowest BCUT2D eigenvalue weighted by molar-refractivity contribution is -0.127. The number of hydrogen-bond donors (Lipinski definition) is 2. The van der Waals surface area contributed by atoms with Gasteiger partial charge in [0, 0.05) is 23.7 Å². The largest absolute Gasteiger partial charge is 0.481 e. The maximum atomic E-state index is 13.7. The molecule has 1 aromatic rings. The summed E-state index contributed by atoms with van der Waals surface area (Å²) in [4.78, 5) is 11.7. The Labute approximate surface area is 113 Å². The fraction of sp³-hybridized carbons (Fsp3) is 0.500. The highest BCUT2D eigenvalue weighted by atomic mass is 19.1. The molecule has 3 N–H and O–H groups in total. The van der Waals surface area contributed by atoms with Crippen LogP contribution < -0.4 is 15.8 Å². The zero-order valence-corrected chi connectivity index (χ0v) is 11.7. The average Bonchev–Trinajstić information content (AvgIpc) is 2.27. The van der Waals surface area contributed by atoms with Crippen LogP contribution in [0.5, 0.6) is 5.75 Å². The Morgan fingerprint density at radius 1 is 1.32 bits per heavy atom. The van der Waals surface area contributed by atoms with Gasteiger partial charge in [0.15, 0.2) is 6.10 Å². The molecule has 2 atom stereocenters. The summed E-state index contributed by atoms with van der Waals surface area (Å²) in [5.74, 6) is -0.344. The van der Waals surface area contributed by atoms with Gasteiger partial charge in [-0.3, -0.25) is 4.79 Å². The first-order chi connectivity index (χ1) is 8.81. The third-order valence-electron chi connectivity index (χ3n) is 2.58. The van der Waals surface area contributed by atoms with E-state index in [9.17, 15) is 9.18 Å². The van der Waals surface area contributed by atoms with Gasteiger partial charge in [0.05, 0.1) is 0 Å². The molecule has 0 bridgehead atoms. The number of benzene rings is 1. The van der Waals surface area contributed by atoms with E-state index < -0.39 is 11.9 Å². The van der Waals surface area contributed by atoms with Crippen molar-refractivity contribution < 1.29 is 13.9 Å². The topological polar surface area (TPSA) is 64.3 Å². The first-order valence-electron chi connectivity index (χ1n) is 6.33. The minimum atomic E-state index is -0.678. The molecule has 19 heavy (non-hydrogen) atoms. The van der Waals surface area contributed by atoms with Crippen molar-refractivity contribution in [2.24, 2.45) is 5.73 Å². The standard InChI is InChI=1S/C14H21FN2O2/c1-8(2)17-14(18)10(4)19-11-5-6-12(9(3)16)13(15)7-11/h5-10H,16H2,1-4H3,(H,17,18)/t9-,10?/m0/s1. The van der Waals surface area contributed by atoms with Gasteiger partial charge in [-0.1, -0.05) is 6.07 Å². The second-order valence-corrected chi connectivity index (χ2v) is 4.90. The summed E-state index contributed by atoms with van der Waals surface area (Å²) in [6.07, 6.45) is -0.678. The Morgan fingerprint density at radius 2 is 1.95 bits per heavy atom. The van der Waals surface area contributed by atoms with Crippen molar-refractivity contribution in [3.63, 3.8) is 0 Å². The quantitative estimate of drug-likeness (QED) is 0.860. The highest BCUT2D eigenvalue weighted by Gasteiger charge is 2.16. The molecule has 1 rings (SSSR count). The number of nitrogens with two attached hydrogens (primary N) is 1. The lowest BCUT2D eigenvalue weighted by atomic mass is 10.1. The summed E-state index contributed by atoms with van der Waals surface area (Å²) in [5.41, 5.74) is 6.05. The van der Waals surface area contributed by atoms with E-state index >= 15 is 0 Å². The van der Waals surface area contributed by atoms with Gasteiger partial charge < -0.3 is 15.8 Å². The predicted octanol–water partition coefficient (Wildman–Crippen LogP) is 2.14. The predicted molar refractivity (Wildman–Crippen MR) is 72.4 cm³/mol. The van der Waals surface area contributed by atoms with Gasteiger partial charge >= 0.3 is 0 Å². The monoisotopic (exact) mass is 268 g/mol. The normalized spacial score (nSPS) is 14.1. The molecule has 0 aliphatic carbocycles. The van der Waals surface area contributed by atoms with Crippen LogP contribution in [0.15, 0.2) is 18.2 Å². The number of ether oxygens (including phenoxy) is 1. The summed E-state index contributed by atoms with van der Waals surface area (Å²) in [7, 11) is 0. The third-order valence-corrected chi connectivity index (χ3v) is 2.58. The maximum Gasteiger partial charge on any atom is 0.260 e. The van der Waals surface area contributed by atoms with Crippen LogP contribution in [-0.2, 0) is 4.79 Å². The number of nitrogens with one attached hydrogen (secondary N) is 1. The summed E-state index contributed by atoms with van der Waals surface area (Å²) in [5, 5.41) is 2.73. The van der Waals surface area contributed by atoms with Crippen LogP contribution in [0, 0.1) is 5.82 Å². The van der Waals surface area contributed by atoms with Crippen molar-refractivity contribution in [3.8, 4) is 5.75 Å². The van der Waals surface area contributed by atoms with Crippen LogP contribution >= 0.6 is 0 Å². The van der Waals surface area contributed by atoms with Gasteiger partial charge in [-0.15, -0.1) is 0 Å². The van der Waals surface area contributed by atoms with Crippen molar-refractivity contribution in [2.75, 3.05) is 0 Å². The molecule has 1 aromatic carbocycles. The van der Waals surface area contributed by atoms with Crippen molar-refractivity contribution in [2.45, 2.75) is 45.9 Å². The second kappa shape index (κ2) is 6.52. The summed E-state index contributed by atoms with van der Waals surface area (Å²) in [6.45, 7) is 7.05. The van der Waals surface area contributed by atoms with E-state index in [1.165, 1.54) is 6.07 Å². The zero-order valence-electron chi connectivity index (χ0n) is 11.7. The molecule has 0 aromatic heterocycles. The van der Waals surface area contributed by atoms with Gasteiger partial charge in [-0.2, -0.15) is 0 Å². The fourth-order valence-corrected chi connectivity index (χ4v) is 1.61. The zero-order chi connectivity index (χ0) is 14.6. The summed E-state index contributed by atoms with van der Waals surface area (Å²) >= 11 is 0. The molecule has 0 radical (unpaired) electrons. The van der Waals surface area contributed by atoms with E-state index in [1.54, 1.807) is 26.0 Å². The summed E-state index contributed by atoms with van der Waals surface area (Å²) in [6, 6.07) is 4.09. The van der Waals surface area contributed by atoms with Crippen molar-refractivity contribution in [1.29, 1.82) is 0 Å². The van der Waals surface area contributed by atoms with Crippen LogP contribution in [0.4, 0.5) is 4.39 Å². The number of hydrogen-bond acceptors (Lipinski definition) is 3. The molecule has 106 valence electrons. The van der Waals surface area contributed by atoms with Gasteiger partial charge in [0.1, 0.15) is 11.6 Å². The molecule has 1 amide bonds. The van der Waals surface area contributed by atoms with E-state index in [-0.39, 0.29) is 18.0 Å². The highest BCUT2D eigenvalue weighted by Crippen LogP contribution is 2.21. The molecular weight excluding hydrogens is 247 g/mol. The van der Waals surface area contributed by atoms with Crippen LogP contribution in [0.25, 0.3) is 0 Å². The summed E-state index contributed by atoms with van der Waals surface area (Å²) < 4.78 is 19.1. The molecule has 0 aliphatic heterocycles. The van der Waals surface area contributed by atoms with Crippen LogP contribution in [0.1, 0.15) is 39.3 Å². The first kappa shape index (κ1) is 15.4. The molecule has 4 nitrogen and oxygen atoms in total. The molecule has 0 fully saturated rings. The molecule has 0 saturated carbocycles. The molecule has 0 aliphatic rings. The third kappa shape index (κ3) is 4.52. The van der Waals surface area contributed by atoms with Gasteiger partial charge in [0.2, 0.25) is 0 Å². The van der Waals surface area contributed by atoms with E-state index in [0.29, 0.717) is 11.3 Å². The molecule has 1 unspecified atom stereocenters. The SMILES string of the molecule is CC(C)NC(=O)C(C)Oc1ccc([C@H](C)N)c(F)c1. The lowest BCUT2D eigenvalue weighted by Crippen LogP contribution is -2.40. The van der Waals surface area contributed by atoms with Crippen molar-refractivity contribution in [1.82, 2.24) is 5.32 Å². The Kier molecular flexibility index (Phi) is 5.30. The number of amides is 1. The van der Waals surface area contributed by atoms with Crippen LogP contribution in [0.2, 0.25) is 0 Å². The molecule has 5 heteroatoms. The van der Waals surface area contributed by atoms with Gasteiger partial charge in [0.25, 0.3) is 5.91 Å². The highest BCUT2D eigenvalue weighted by molar-refractivity contribution is 5.80. The van der Waals surface area contributed by atoms with E-state index in [1.807, 2.05) is 13.8 Å². The number of rotatable bonds is 5. The first-order valence-corrected chi connectivity index (χ1v) is 6.33. The lowest BCUT2D eigenvalue weighted by Gasteiger charge is -2.17. The average molecular weight is 268 g/mol. The van der Waals surface area contributed by atoms with E-state index in [2.05, 4.69) is 5.32 Å². The Balaban J connectivity index is 2.72. The molecular formula is C14H21FN2O2. The smallest absolute Gasteiger partial charge is 0.260 e. The van der Waals surface area contributed by atoms with Gasteiger partial charge in [-0.05, 0) is 33.8 Å². The van der Waals surface area contributed by atoms with E-state index in [0.717, 1.165) is 0 Å². The van der Waals surface area contributed by atoms with E-state index in [4.69, 9.17) is 10.5 Å². The van der Waals surface area contributed by atoms with Crippen molar-refractivity contribution >= 4 is 5.91 Å². The number of carbonyl (C=O) groups excluding carboxylic acids is 1. The molecule has 0 saturated heterocycles. The maximum absolute atomic E-state index is 13.7. The van der Waals surface area contributed by atoms with Crippen molar-refractivity contribution in [3.05, 3.63) is 29.6 Å². The number of carbonyl (C=O) groups is 1. The Bertz CT molecular complexity index is 447. The second-order valence-electron chi connectivity index (χ2n) is 4.90. The Hall–Kier alpha value is -1.62. The minimum Gasteiger partial charge on any atom is -0.481 e. The fourth-order valence-electron chi connectivity index (χ4n) is 1.61. The minimum absolute atomic E-state index is 0.0377. The Morgan fingerprint density at radius 3 is 2.42 bits per heavy atom. The molecule has 0 spiro atoms. The number of halogens is 1. The van der Waals surface area contributed by atoms with Crippen LogP contribution in [0.3, 0.4) is 0 Å².